The Morgan fingerprint density at radius 3 is 2.51 bits per heavy atom. The first kappa shape index (κ1) is 24.4. The summed E-state index contributed by atoms with van der Waals surface area (Å²) in [5.74, 6) is -0.629. The lowest BCUT2D eigenvalue weighted by molar-refractivity contribution is -0.119. The van der Waals surface area contributed by atoms with E-state index in [0.717, 1.165) is 20.6 Å². The molecule has 0 radical (unpaired) electrons. The van der Waals surface area contributed by atoms with Crippen LogP contribution in [0.5, 0.6) is 5.75 Å². The zero-order valence-electron chi connectivity index (χ0n) is 18.7. The Labute approximate surface area is 211 Å². The fourth-order valence-corrected chi connectivity index (χ4v) is 5.34. The van der Waals surface area contributed by atoms with E-state index in [1.165, 1.54) is 18.3 Å². The molecule has 0 heterocycles. The predicted molar refractivity (Wildman–Crippen MR) is 141 cm³/mol. The van der Waals surface area contributed by atoms with Gasteiger partial charge in [0.25, 0.3) is 15.9 Å². The van der Waals surface area contributed by atoms with Crippen LogP contribution in [0.15, 0.2) is 99.4 Å². The van der Waals surface area contributed by atoms with Gasteiger partial charge in [-0.2, -0.15) is 5.10 Å². The van der Waals surface area contributed by atoms with Gasteiger partial charge in [0.15, 0.2) is 0 Å². The number of nitrogens with zero attached hydrogens (tertiary/aromatic N) is 2. The van der Waals surface area contributed by atoms with Crippen LogP contribution in [0.2, 0.25) is 0 Å². The van der Waals surface area contributed by atoms with Gasteiger partial charge in [-0.05, 0) is 54.1 Å². The molecule has 7 nitrogen and oxygen atoms in total. The van der Waals surface area contributed by atoms with Crippen molar-refractivity contribution >= 4 is 54.5 Å². The number of amides is 1. The van der Waals surface area contributed by atoms with E-state index in [1.807, 2.05) is 31.2 Å². The lowest BCUT2D eigenvalue weighted by Gasteiger charge is -2.24. The summed E-state index contributed by atoms with van der Waals surface area (Å²) in [6.45, 7) is 1.37. The first-order chi connectivity index (χ1) is 16.8. The van der Waals surface area contributed by atoms with E-state index >= 15 is 0 Å². The molecule has 0 aliphatic carbocycles. The zero-order chi connectivity index (χ0) is 25.0. The number of anilines is 1. The van der Waals surface area contributed by atoms with Crippen LogP contribution in [0.1, 0.15) is 11.1 Å². The maximum Gasteiger partial charge on any atom is 0.264 e. The minimum Gasteiger partial charge on any atom is -0.507 e. The molecule has 9 heteroatoms. The molecule has 0 saturated heterocycles. The number of rotatable bonds is 7. The number of carbonyl (C=O) groups is 1. The number of phenolic OH excluding ortho intramolecular Hbond substituents is 1. The highest BCUT2D eigenvalue weighted by atomic mass is 79.9. The average molecular weight is 552 g/mol. The topological polar surface area (TPSA) is 99.1 Å². The second kappa shape index (κ2) is 10.3. The van der Waals surface area contributed by atoms with Crippen molar-refractivity contribution in [2.75, 3.05) is 10.8 Å². The van der Waals surface area contributed by atoms with E-state index in [0.29, 0.717) is 15.7 Å². The highest BCUT2D eigenvalue weighted by molar-refractivity contribution is 9.10. The molecule has 0 aromatic heterocycles. The van der Waals surface area contributed by atoms with Crippen molar-refractivity contribution in [1.82, 2.24) is 5.43 Å². The number of hydrazone groups is 1. The molecule has 0 fully saturated rings. The average Bonchev–Trinajstić information content (AvgIpc) is 2.84. The third-order valence-corrected chi connectivity index (χ3v) is 7.60. The maximum atomic E-state index is 13.4. The van der Waals surface area contributed by atoms with E-state index in [-0.39, 0.29) is 10.6 Å². The minimum absolute atomic E-state index is 0.0133. The molecule has 2 N–H and O–H groups in total. The van der Waals surface area contributed by atoms with E-state index in [1.54, 1.807) is 48.5 Å². The quantitative estimate of drug-likeness (QED) is 0.250. The van der Waals surface area contributed by atoms with Crippen molar-refractivity contribution in [3.8, 4) is 5.75 Å². The second-order valence-electron chi connectivity index (χ2n) is 7.82. The summed E-state index contributed by atoms with van der Waals surface area (Å²) in [6, 6.07) is 23.9. The van der Waals surface area contributed by atoms with Gasteiger partial charge >= 0.3 is 0 Å². The van der Waals surface area contributed by atoms with Gasteiger partial charge in [0, 0.05) is 10.0 Å². The van der Waals surface area contributed by atoms with Gasteiger partial charge in [-0.25, -0.2) is 13.8 Å². The summed E-state index contributed by atoms with van der Waals surface area (Å²) in [7, 11) is -4.04. The van der Waals surface area contributed by atoms with Crippen LogP contribution in [0.25, 0.3) is 10.8 Å². The molecule has 35 heavy (non-hydrogen) atoms. The Kier molecular flexibility index (Phi) is 7.18. The number of fused-ring (bicyclic) bond motifs is 1. The van der Waals surface area contributed by atoms with Gasteiger partial charge in [-0.3, -0.25) is 9.10 Å². The molecular formula is C26H22BrN3O4S. The van der Waals surface area contributed by atoms with Crippen LogP contribution in [-0.4, -0.2) is 32.2 Å². The van der Waals surface area contributed by atoms with E-state index in [4.69, 9.17) is 0 Å². The fourth-order valence-electron chi connectivity index (χ4n) is 3.54. The first-order valence-electron chi connectivity index (χ1n) is 10.6. The van der Waals surface area contributed by atoms with Gasteiger partial charge in [0.1, 0.15) is 12.3 Å². The largest absolute Gasteiger partial charge is 0.507 e. The number of benzene rings is 4. The number of aromatic hydroxyl groups is 1. The molecular weight excluding hydrogens is 530 g/mol. The Hall–Kier alpha value is -3.69. The third-order valence-electron chi connectivity index (χ3n) is 5.32. The monoisotopic (exact) mass is 551 g/mol. The molecule has 4 rings (SSSR count). The number of aryl methyl sites for hydroxylation is 1. The summed E-state index contributed by atoms with van der Waals surface area (Å²) in [5, 5.41) is 15.9. The van der Waals surface area contributed by atoms with Crippen molar-refractivity contribution in [3.63, 3.8) is 0 Å². The third kappa shape index (κ3) is 5.52. The predicted octanol–water partition coefficient (Wildman–Crippen LogP) is 4.96. The maximum absolute atomic E-state index is 13.4. The van der Waals surface area contributed by atoms with Crippen molar-refractivity contribution in [3.05, 3.63) is 101 Å². The van der Waals surface area contributed by atoms with E-state index < -0.39 is 22.5 Å². The molecule has 0 unspecified atom stereocenters. The highest BCUT2D eigenvalue weighted by Gasteiger charge is 2.27. The standard InChI is InChI=1S/C26H22BrN3O4S/c1-18-9-12-22(13-10-18)35(33,34)30(21-7-4-6-20(27)15-21)17-26(32)29-28-16-24-23-8-3-2-5-19(23)11-14-25(24)31/h2-16,31H,17H2,1H3,(H,29,32)/b28-16-. The summed E-state index contributed by atoms with van der Waals surface area (Å²) in [4.78, 5) is 12.8. The van der Waals surface area contributed by atoms with Crippen LogP contribution in [-0.2, 0) is 14.8 Å². The molecule has 0 aliphatic rings. The van der Waals surface area contributed by atoms with Gasteiger partial charge in [0.2, 0.25) is 0 Å². The van der Waals surface area contributed by atoms with E-state index in [9.17, 15) is 18.3 Å². The van der Waals surface area contributed by atoms with E-state index in [2.05, 4.69) is 26.5 Å². The molecule has 0 atom stereocenters. The molecule has 0 saturated carbocycles. The van der Waals surface area contributed by atoms with Crippen molar-refractivity contribution < 1.29 is 18.3 Å². The number of hydrogen-bond acceptors (Lipinski definition) is 5. The highest BCUT2D eigenvalue weighted by Crippen LogP contribution is 2.27. The number of carbonyl (C=O) groups excluding carboxylic acids is 1. The normalized spacial score (nSPS) is 11.6. The molecule has 0 aliphatic heterocycles. The molecule has 0 bridgehead atoms. The van der Waals surface area contributed by atoms with Gasteiger partial charge in [-0.15, -0.1) is 0 Å². The summed E-state index contributed by atoms with van der Waals surface area (Å²) >= 11 is 3.35. The zero-order valence-corrected chi connectivity index (χ0v) is 21.1. The van der Waals surface area contributed by atoms with Crippen molar-refractivity contribution in [1.29, 1.82) is 0 Å². The van der Waals surface area contributed by atoms with Gasteiger partial charge in [0.05, 0.1) is 16.8 Å². The summed E-state index contributed by atoms with van der Waals surface area (Å²) in [5.41, 5.74) is 4.06. The Morgan fingerprint density at radius 2 is 1.77 bits per heavy atom. The molecule has 4 aromatic carbocycles. The smallest absolute Gasteiger partial charge is 0.264 e. The fraction of sp³-hybridized carbons (Fsp3) is 0.0769. The summed E-state index contributed by atoms with van der Waals surface area (Å²) in [6.07, 6.45) is 1.34. The van der Waals surface area contributed by atoms with Crippen LogP contribution in [0.3, 0.4) is 0 Å². The van der Waals surface area contributed by atoms with Gasteiger partial charge < -0.3 is 5.11 Å². The van der Waals surface area contributed by atoms with Crippen molar-refractivity contribution in [2.24, 2.45) is 5.10 Å². The second-order valence-corrected chi connectivity index (χ2v) is 10.6. The Morgan fingerprint density at radius 1 is 1.03 bits per heavy atom. The number of halogens is 1. The molecule has 4 aromatic rings. The van der Waals surface area contributed by atoms with Crippen LogP contribution in [0.4, 0.5) is 5.69 Å². The lowest BCUT2D eigenvalue weighted by Crippen LogP contribution is -2.39. The summed E-state index contributed by atoms with van der Waals surface area (Å²) < 4.78 is 28.6. The lowest BCUT2D eigenvalue weighted by atomic mass is 10.0. The van der Waals surface area contributed by atoms with Gasteiger partial charge in [-0.1, -0.05) is 70.0 Å². The number of hydrogen-bond donors (Lipinski definition) is 2. The van der Waals surface area contributed by atoms with Crippen LogP contribution in [0, 0.1) is 6.92 Å². The first-order valence-corrected chi connectivity index (χ1v) is 12.9. The minimum atomic E-state index is -4.04. The van der Waals surface area contributed by atoms with Crippen LogP contribution >= 0.6 is 15.9 Å². The van der Waals surface area contributed by atoms with Crippen molar-refractivity contribution in [2.45, 2.75) is 11.8 Å². The SMILES string of the molecule is Cc1ccc(S(=O)(=O)N(CC(=O)N/N=C\c2c(O)ccc3ccccc23)c2cccc(Br)c2)cc1. The molecule has 0 spiro atoms. The molecule has 178 valence electrons. The molecule has 1 amide bonds. The Balaban J connectivity index is 1.60. The number of phenols is 1. The number of nitrogens with one attached hydrogen (secondary N) is 1. The number of sulfonamides is 1. The Bertz CT molecular complexity index is 1520. The van der Waals surface area contributed by atoms with Crippen LogP contribution < -0.4 is 9.73 Å².